The summed E-state index contributed by atoms with van der Waals surface area (Å²) in [5.74, 6) is 1.55. The highest BCUT2D eigenvalue weighted by molar-refractivity contribution is 6.12. The average molecular weight is 804 g/mol. The first-order valence-corrected chi connectivity index (χ1v) is 19.9. The quantitative estimate of drug-likeness (QED) is 0.154. The summed E-state index contributed by atoms with van der Waals surface area (Å²) in [5.41, 5.74) is 11.6. The van der Waals surface area contributed by atoms with E-state index in [0.717, 1.165) is 77.6 Å². The van der Waals surface area contributed by atoms with Crippen molar-refractivity contribution in [3.8, 4) is 97.5 Å². The Hall–Kier alpha value is -9.54. The Bertz CT molecular complexity index is 3350. The van der Waals surface area contributed by atoms with Gasteiger partial charge in [0.05, 0.1) is 63.3 Å². The molecule has 0 N–H and O–H groups in total. The minimum atomic E-state index is 0.388. The number of nitrogens with zero attached hydrogens (tertiary/aromatic N) is 9. The van der Waals surface area contributed by atoms with Gasteiger partial charge < -0.3 is 4.57 Å². The molecular weight excluding hydrogens is 775 g/mol. The van der Waals surface area contributed by atoms with Crippen LogP contribution >= 0.6 is 0 Å². The van der Waals surface area contributed by atoms with Crippen molar-refractivity contribution in [1.29, 1.82) is 21.0 Å². The third-order valence-electron chi connectivity index (χ3n) is 11.0. The molecule has 3 aromatic heterocycles. The Morgan fingerprint density at radius 3 is 1.24 bits per heavy atom. The molecule has 0 amide bonds. The van der Waals surface area contributed by atoms with E-state index in [1.165, 1.54) is 0 Å². The molecule has 0 radical (unpaired) electrons. The lowest BCUT2D eigenvalue weighted by Gasteiger charge is -2.16. The van der Waals surface area contributed by atoms with Gasteiger partial charge in [0.1, 0.15) is 0 Å². The van der Waals surface area contributed by atoms with Crippen LogP contribution in [0.5, 0.6) is 0 Å². The van der Waals surface area contributed by atoms with Crippen LogP contribution in [0, 0.1) is 45.3 Å². The van der Waals surface area contributed by atoms with Crippen molar-refractivity contribution in [2.24, 2.45) is 0 Å². The number of fused-ring (bicyclic) bond motifs is 3. The number of benzene rings is 7. The Morgan fingerprint density at radius 2 is 0.778 bits per heavy atom. The first-order valence-electron chi connectivity index (χ1n) is 19.9. The normalized spacial score (nSPS) is 10.8. The van der Waals surface area contributed by atoms with Crippen molar-refractivity contribution in [3.63, 3.8) is 0 Å². The Labute approximate surface area is 362 Å². The van der Waals surface area contributed by atoms with Crippen LogP contribution in [0.3, 0.4) is 0 Å². The van der Waals surface area contributed by atoms with E-state index in [2.05, 4.69) is 76.3 Å². The fraction of sp³-hybridized carbons (Fsp3) is 0. The van der Waals surface area contributed by atoms with E-state index in [9.17, 15) is 21.0 Å². The summed E-state index contributed by atoms with van der Waals surface area (Å²) in [6.45, 7) is 0. The molecular formula is C54H29N9. The van der Waals surface area contributed by atoms with Crippen molar-refractivity contribution >= 4 is 21.8 Å². The molecule has 63 heavy (non-hydrogen) atoms. The van der Waals surface area contributed by atoms with Gasteiger partial charge in [0.25, 0.3) is 0 Å². The predicted octanol–water partition coefficient (Wildman–Crippen LogP) is 11.9. The van der Waals surface area contributed by atoms with Crippen LogP contribution in [-0.2, 0) is 0 Å². The van der Waals surface area contributed by atoms with Crippen LogP contribution in [0.15, 0.2) is 176 Å². The van der Waals surface area contributed by atoms with Gasteiger partial charge in [-0.15, -0.1) is 0 Å². The van der Waals surface area contributed by atoms with Gasteiger partial charge in [-0.05, 0) is 118 Å². The summed E-state index contributed by atoms with van der Waals surface area (Å²) in [4.78, 5) is 19.5. The zero-order valence-corrected chi connectivity index (χ0v) is 33.3. The highest BCUT2D eigenvalue weighted by Crippen LogP contribution is 2.41. The lowest BCUT2D eigenvalue weighted by molar-refractivity contribution is 1.06. The molecule has 290 valence electrons. The van der Waals surface area contributed by atoms with Gasteiger partial charge in [-0.25, -0.2) is 15.0 Å². The third kappa shape index (κ3) is 7.07. The molecule has 7 aromatic carbocycles. The second kappa shape index (κ2) is 15.9. The summed E-state index contributed by atoms with van der Waals surface area (Å²) >= 11 is 0. The molecule has 10 rings (SSSR count). The molecule has 0 spiro atoms. The Balaban J connectivity index is 1.29. The second-order valence-electron chi connectivity index (χ2n) is 14.9. The van der Waals surface area contributed by atoms with Gasteiger partial charge in [-0.1, -0.05) is 78.9 Å². The Kier molecular flexibility index (Phi) is 9.52. The fourth-order valence-corrected chi connectivity index (χ4v) is 8.05. The SMILES string of the molecule is N#Cc1cc(C#N)cc(-c2ccc3c(c2)c2cc(-c4cc(C#N)cc(C#N)c4)ccc2n3-c2cc(-c3ccncc3)ccc2-c2nc(-c3ccccc3)nc(-c3ccccc3)n2)c1. The summed E-state index contributed by atoms with van der Waals surface area (Å²) in [6.07, 6.45) is 3.55. The van der Waals surface area contributed by atoms with Crippen molar-refractivity contribution < 1.29 is 0 Å². The van der Waals surface area contributed by atoms with Crippen molar-refractivity contribution in [3.05, 3.63) is 198 Å². The Morgan fingerprint density at radius 1 is 0.349 bits per heavy atom. The van der Waals surface area contributed by atoms with Gasteiger partial charge in [0, 0.05) is 39.9 Å². The van der Waals surface area contributed by atoms with Crippen molar-refractivity contribution in [2.75, 3.05) is 0 Å². The lowest BCUT2D eigenvalue weighted by Crippen LogP contribution is -2.04. The van der Waals surface area contributed by atoms with E-state index in [-0.39, 0.29) is 0 Å². The first kappa shape index (κ1) is 37.7. The monoisotopic (exact) mass is 803 g/mol. The molecule has 0 aliphatic heterocycles. The molecule has 9 heteroatoms. The van der Waals surface area contributed by atoms with Crippen LogP contribution in [0.25, 0.3) is 95.0 Å². The van der Waals surface area contributed by atoms with Crippen molar-refractivity contribution in [2.45, 2.75) is 0 Å². The topological polar surface area (TPSA) is 152 Å². The predicted molar refractivity (Wildman–Crippen MR) is 243 cm³/mol. The van der Waals surface area contributed by atoms with Gasteiger partial charge in [-0.3, -0.25) is 4.98 Å². The van der Waals surface area contributed by atoms with Crippen LogP contribution < -0.4 is 0 Å². The standard InChI is InChI=1S/C54H29N9/c55-30-34-21-35(31-56)24-44(23-34)41-12-15-49-47(27-41)48-28-42(45-25-36(32-57)22-37(26-45)33-58)13-16-50(48)63(49)51-29-43(38-17-19-59-20-18-38)11-14-46(51)54-61-52(39-7-3-1-4-8-39)60-53(62-54)40-9-5-2-6-10-40/h1-29H. The molecule has 0 saturated heterocycles. The van der Waals surface area contributed by atoms with Crippen LogP contribution in [-0.4, -0.2) is 24.5 Å². The van der Waals surface area contributed by atoms with E-state index in [0.29, 0.717) is 39.7 Å². The second-order valence-corrected chi connectivity index (χ2v) is 14.9. The number of rotatable bonds is 7. The molecule has 0 fully saturated rings. The van der Waals surface area contributed by atoms with Gasteiger partial charge >= 0.3 is 0 Å². The summed E-state index contributed by atoms with van der Waals surface area (Å²) in [6, 6.07) is 61.3. The zero-order chi connectivity index (χ0) is 42.9. The van der Waals surface area contributed by atoms with E-state index in [1.807, 2.05) is 84.9 Å². The number of hydrogen-bond acceptors (Lipinski definition) is 8. The molecule has 0 atom stereocenters. The van der Waals surface area contributed by atoms with E-state index in [4.69, 9.17) is 15.0 Å². The molecule has 0 aliphatic rings. The summed E-state index contributed by atoms with van der Waals surface area (Å²) < 4.78 is 2.21. The lowest BCUT2D eigenvalue weighted by atomic mass is 9.97. The van der Waals surface area contributed by atoms with Crippen molar-refractivity contribution in [1.82, 2.24) is 24.5 Å². The maximum absolute atomic E-state index is 9.85. The van der Waals surface area contributed by atoms with Crippen LogP contribution in [0.1, 0.15) is 22.3 Å². The maximum Gasteiger partial charge on any atom is 0.166 e. The third-order valence-corrected chi connectivity index (χ3v) is 11.0. The average Bonchev–Trinajstić information content (AvgIpc) is 3.69. The molecule has 0 unspecified atom stereocenters. The number of aromatic nitrogens is 5. The maximum atomic E-state index is 9.85. The zero-order valence-electron chi connectivity index (χ0n) is 33.3. The minimum absolute atomic E-state index is 0.388. The van der Waals surface area contributed by atoms with Gasteiger partial charge in [0.2, 0.25) is 0 Å². The summed E-state index contributed by atoms with van der Waals surface area (Å²) in [5, 5.41) is 41.2. The molecule has 0 aliphatic carbocycles. The molecule has 0 saturated carbocycles. The fourth-order valence-electron chi connectivity index (χ4n) is 8.05. The summed E-state index contributed by atoms with van der Waals surface area (Å²) in [7, 11) is 0. The van der Waals surface area contributed by atoms with Crippen LogP contribution in [0.2, 0.25) is 0 Å². The van der Waals surface area contributed by atoms with Crippen LogP contribution in [0.4, 0.5) is 0 Å². The molecule has 3 heterocycles. The highest BCUT2D eigenvalue weighted by atomic mass is 15.1. The van der Waals surface area contributed by atoms with Gasteiger partial charge in [0.15, 0.2) is 17.5 Å². The van der Waals surface area contributed by atoms with E-state index >= 15 is 0 Å². The number of nitriles is 4. The smallest absolute Gasteiger partial charge is 0.166 e. The first-order chi connectivity index (χ1) is 31.0. The van der Waals surface area contributed by atoms with Gasteiger partial charge in [-0.2, -0.15) is 21.0 Å². The number of hydrogen-bond donors (Lipinski definition) is 0. The van der Waals surface area contributed by atoms with E-state index in [1.54, 1.807) is 48.8 Å². The van der Waals surface area contributed by atoms with E-state index < -0.39 is 0 Å². The molecule has 0 bridgehead atoms. The molecule has 10 aromatic rings. The minimum Gasteiger partial charge on any atom is -0.308 e. The molecule has 9 nitrogen and oxygen atoms in total. The largest absolute Gasteiger partial charge is 0.308 e. The number of pyridine rings is 1. The highest BCUT2D eigenvalue weighted by Gasteiger charge is 2.22.